The van der Waals surface area contributed by atoms with E-state index in [9.17, 15) is 146 Å². The monoisotopic (exact) mass is 1930 g/mol. The zero-order valence-corrected chi connectivity index (χ0v) is 68.4. The molecule has 5 fully saturated rings. The van der Waals surface area contributed by atoms with Crippen LogP contribution in [0.5, 0.6) is 0 Å². The number of anilines is 3. The lowest BCUT2D eigenvalue weighted by molar-refractivity contribution is -0.250. The summed E-state index contributed by atoms with van der Waals surface area (Å²) in [7, 11) is -44.4. The van der Waals surface area contributed by atoms with Gasteiger partial charge in [0, 0.05) is 32.1 Å². The molecule has 0 aromatic carbocycles. The Kier molecular flexibility index (Phi) is 33.2. The third-order valence-electron chi connectivity index (χ3n) is 16.2. The fourth-order valence-corrected chi connectivity index (χ4v) is 19.1. The Morgan fingerprint density at radius 1 is 0.443 bits per heavy atom. The SMILES string of the molecule is Nc1ccn([C@@H]2O[C@H](COP(=O)([O-])OP(=O)([O-])OP(=O)([O-])O)[C@H](O)C2O)c(=O)n1.Nc1ncnc2c1ncn2[C@@H]1O[C@H](CO)[C@@H](O)[C@H]1O.Nc1ncnc2c1ncn2[C@@H]1O[C@H](COP(=O)(O)O)[C@H](O)C1O.O=c1ccn([C@@H]2O[C@H](COP(=O)(O)OP(=O)(O)OP(=O)(O)OP(=O)(O)OC[C@@H]3O[C@H](n4ccc(=O)[nH]c4=O)[C@H](O)C3O)[C@H](O)C2O)c(=O)[nH]1.[3H]CP. The summed E-state index contributed by atoms with van der Waals surface area (Å²) in [5.41, 5.74) is 13.3. The molecule has 12 rings (SSSR count). The van der Waals surface area contributed by atoms with Gasteiger partial charge >= 0.3 is 56.2 Å². The Bertz CT molecular complexity index is 5430. The predicted octanol–water partition coefficient (Wildman–Crippen LogP) is -11.6. The van der Waals surface area contributed by atoms with Crippen LogP contribution in [0.25, 0.3) is 22.3 Å². The number of nitrogens with two attached hydrogens (primary N) is 3. The normalized spacial score (nSPS) is 30.7. The molecular formula is C48H71N17O48P9-3. The van der Waals surface area contributed by atoms with Crippen molar-refractivity contribution in [2.45, 2.75) is 123 Å². The van der Waals surface area contributed by atoms with Crippen LogP contribution in [0.15, 0.2) is 86.1 Å². The van der Waals surface area contributed by atoms with Crippen LogP contribution in [0.3, 0.4) is 0 Å². The number of hydrogen-bond donors (Lipinski definition) is 23. The molecule has 5 aliphatic heterocycles. The predicted molar refractivity (Wildman–Crippen MR) is 383 cm³/mol. The van der Waals surface area contributed by atoms with Gasteiger partial charge in [-0.3, -0.25) is 69.7 Å². The first-order chi connectivity index (χ1) is 56.9. The third kappa shape index (κ3) is 26.2. The van der Waals surface area contributed by atoms with Crippen LogP contribution in [-0.2, 0) is 99.9 Å². The van der Waals surface area contributed by atoms with E-state index in [0.29, 0.717) is 32.5 Å². The summed E-state index contributed by atoms with van der Waals surface area (Å²) in [6, 6.07) is 2.91. The number of nitrogens with one attached hydrogen (secondary N) is 2. The van der Waals surface area contributed by atoms with E-state index in [2.05, 4.69) is 83.8 Å². The number of aliphatic hydroxyl groups is 11. The molecule has 28 atom stereocenters. The third-order valence-corrected chi connectivity index (χ3v) is 26.3. The van der Waals surface area contributed by atoms with Gasteiger partial charge < -0.3 is 151 Å². The second-order valence-electron chi connectivity index (χ2n) is 24.5. The molecule has 5 aliphatic rings. The van der Waals surface area contributed by atoms with Crippen molar-refractivity contribution >= 4 is 112 Å². The molecule has 7 aromatic heterocycles. The van der Waals surface area contributed by atoms with Gasteiger partial charge in [0.25, 0.3) is 34.6 Å². The van der Waals surface area contributed by atoms with Gasteiger partial charge in [-0.25, -0.2) is 75.7 Å². The van der Waals surface area contributed by atoms with E-state index in [1.807, 2.05) is 9.97 Å². The Hall–Kier alpha value is -6.39. The van der Waals surface area contributed by atoms with Crippen LogP contribution in [0.2, 0.25) is 0 Å². The van der Waals surface area contributed by atoms with Gasteiger partial charge in [-0.2, -0.15) is 17.9 Å². The Morgan fingerprint density at radius 3 is 1.11 bits per heavy atom. The minimum atomic E-state index is -6.24. The number of aliphatic hydroxyl groups excluding tert-OH is 11. The summed E-state index contributed by atoms with van der Waals surface area (Å²) in [5.74, 6) is 0.219. The van der Waals surface area contributed by atoms with Crippen molar-refractivity contribution in [1.82, 2.24) is 67.7 Å². The number of nitrogen functional groups attached to an aromatic ring is 3. The molecule has 122 heavy (non-hydrogen) atoms. The van der Waals surface area contributed by atoms with Gasteiger partial charge in [0.1, 0.15) is 121 Å². The Labute approximate surface area is 677 Å². The smallest absolute Gasteiger partial charge is 0.490 e. The highest BCUT2D eigenvalue weighted by Gasteiger charge is 2.52. The number of phosphoric ester groups is 4. The lowest BCUT2D eigenvalue weighted by Crippen LogP contribution is -2.37. The van der Waals surface area contributed by atoms with E-state index in [1.165, 1.54) is 40.5 Å². The van der Waals surface area contributed by atoms with Gasteiger partial charge in [0.15, 0.2) is 54.1 Å². The van der Waals surface area contributed by atoms with Crippen LogP contribution in [0.1, 0.15) is 32.5 Å². The summed E-state index contributed by atoms with van der Waals surface area (Å²) in [5, 5.41) is 109. The highest BCUT2D eigenvalue weighted by molar-refractivity contribution is 7.69. The molecule has 0 saturated carbocycles. The number of hydrogen-bond acceptors (Lipinski definition) is 51. The number of H-pyrrole nitrogens is 2. The standard InChI is InChI=1S/C18H26N4O23P4.C10H14N5O7P.C10H13N5O4.C9H16N3O14P3.CH5P/c23-9-1-3-21(17(29)19-9)15-13(27)11(25)7(41-15)5-39-46(31,32)43-48(35,36)45-49(37,38)44-47(33,34)40-6-8-12(26)14(28)16(42-8)22-4-2-10(24)20-18(22)30;11-8-5-9(13-2-12-8)15(3-14-5)10-7(17)6(16)4(22-10)1-21-23(18,19)20;11-8-5-9(13-2-12-8)15(3-14-5)10-7(18)6(17)4(1-16)19-10;10-5-1-2-12(9(15)11-5)8-7(14)6(13)4(24-8)3-23-28(19,20)26-29(21,22)25-27(16,17)18;1-2/h1-4,7-8,11-16,25-28H,5-6H2,(H,31,32)(H,33,34)(H,35,36)(H,37,38)(H,19,23,29)(H,20,24,30);2-4,6-7,10,16-17H,1H2,(H2,11,12,13)(H2,18,19,20);2-4,6-7,10,16-18H,1H2,(H2,11,12,13);1-2,4,6-8,13-14H,3H2,(H,19,20)(H,21,22)(H2,10,11,15)(H2,16,17,18);2H2,1H3/p-3/t7-,8+,11+,12?,13?,14-,15-,16+;4-,6+,7?,10-;4-,6-,7-,10-;4-,6+,7?,8-;/m1111./s1/i;;;;1T. The highest BCUT2D eigenvalue weighted by Crippen LogP contribution is 2.72. The van der Waals surface area contributed by atoms with Gasteiger partial charge in [0.05, 0.1) is 45.7 Å². The minimum absolute atomic E-state index is 0.140. The van der Waals surface area contributed by atoms with Crippen LogP contribution >= 0.6 is 71.8 Å². The summed E-state index contributed by atoms with van der Waals surface area (Å²) in [6.45, 7) is -4.12. The van der Waals surface area contributed by atoms with Gasteiger partial charge in [-0.05, 0) is 6.07 Å². The number of imidazole rings is 2. The number of phosphoric acid groups is 8. The van der Waals surface area contributed by atoms with Crippen LogP contribution < -0.4 is 60.1 Å². The molecule has 74 heteroatoms. The molecule has 0 aliphatic carbocycles. The molecule has 65 nitrogen and oxygen atoms in total. The Balaban J connectivity index is 0.000000215. The van der Waals surface area contributed by atoms with Crippen LogP contribution in [0.4, 0.5) is 17.5 Å². The molecule has 684 valence electrons. The fourth-order valence-electron chi connectivity index (χ4n) is 10.9. The number of aromatic nitrogens is 14. The quantitative estimate of drug-likeness (QED) is 0.0203. The molecule has 0 spiro atoms. The molecule has 12 unspecified atom stereocenters. The molecule has 0 bridgehead atoms. The van der Waals surface area contributed by atoms with Gasteiger partial charge in [-0.15, -0.1) is 9.24 Å². The van der Waals surface area contributed by atoms with E-state index in [0.717, 1.165) is 35.3 Å². The number of rotatable bonds is 28. The molecule has 26 N–H and O–H groups in total. The van der Waals surface area contributed by atoms with E-state index >= 15 is 0 Å². The summed E-state index contributed by atoms with van der Waals surface area (Å²) in [4.78, 5) is 187. The number of aromatic amines is 2. The lowest BCUT2D eigenvalue weighted by Gasteiger charge is -2.33. The minimum Gasteiger partial charge on any atom is -0.756 e. The number of ether oxygens (including phenoxy) is 5. The maximum absolute atomic E-state index is 12.2. The first-order valence-electron chi connectivity index (χ1n) is 33.3. The maximum Gasteiger partial charge on any atom is 0.490 e. The van der Waals surface area contributed by atoms with E-state index in [-0.39, 0.29) is 23.1 Å². The first-order valence-corrected chi connectivity index (χ1v) is 45.4. The summed E-state index contributed by atoms with van der Waals surface area (Å²) < 4.78 is 165. The zero-order chi connectivity index (χ0) is 91.9. The number of nitrogens with zero attached hydrogens (tertiary/aromatic N) is 12. The van der Waals surface area contributed by atoms with Crippen molar-refractivity contribution in [2.24, 2.45) is 0 Å². The van der Waals surface area contributed by atoms with Gasteiger partial charge in [-0.1, -0.05) is 6.64 Å². The number of fused-ring (bicyclic) bond motifs is 2. The van der Waals surface area contributed by atoms with Crippen molar-refractivity contribution < 1.29 is 206 Å². The molecule has 0 radical (unpaired) electrons. The first kappa shape index (κ1) is 99.4. The largest absolute Gasteiger partial charge is 0.756 e. The molecule has 5 saturated heterocycles. The van der Waals surface area contributed by atoms with Gasteiger partial charge in [0.2, 0.25) is 0 Å². The molecular weight excluding hydrogens is 1860 g/mol. The molecule has 12 heterocycles. The van der Waals surface area contributed by atoms with Crippen molar-refractivity contribution in [3.8, 4) is 0 Å². The topological polar surface area (TPSA) is 1010 Å². The van der Waals surface area contributed by atoms with E-state index in [1.54, 1.807) is 0 Å². The fraction of sp³-hybridized carbons (Fsp3) is 0.542. The average molecular weight is 1930 g/mol. The lowest BCUT2D eigenvalue weighted by atomic mass is 10.1. The van der Waals surface area contributed by atoms with Crippen molar-refractivity contribution in [3.63, 3.8) is 0 Å². The van der Waals surface area contributed by atoms with Crippen molar-refractivity contribution in [2.75, 3.05) is 56.9 Å². The second kappa shape index (κ2) is 40.7. The Morgan fingerprint density at radius 2 is 0.770 bits per heavy atom. The molecule has 0 amide bonds. The van der Waals surface area contributed by atoms with Crippen molar-refractivity contribution in [1.29, 1.82) is 0 Å². The average Bonchev–Trinajstić information content (AvgIpc) is 1.42. The van der Waals surface area contributed by atoms with Crippen molar-refractivity contribution in [3.05, 3.63) is 114 Å². The summed E-state index contributed by atoms with van der Waals surface area (Å²) in [6.07, 6.45) is -22.2. The van der Waals surface area contributed by atoms with E-state index in [4.69, 9.17) is 62.0 Å². The van der Waals surface area contributed by atoms with Crippen LogP contribution in [0, 0.1) is 0 Å². The molecule has 7 aromatic rings. The van der Waals surface area contributed by atoms with E-state index < -0.39 is 247 Å². The summed E-state index contributed by atoms with van der Waals surface area (Å²) >= 11 is 0. The highest BCUT2D eigenvalue weighted by atomic mass is 31.3. The zero-order valence-electron chi connectivity index (χ0n) is 61.1. The second-order valence-corrected chi connectivity index (χ2v) is 36.2. The van der Waals surface area contributed by atoms with Crippen LogP contribution in [-0.4, -0.2) is 289 Å². The maximum atomic E-state index is 12.2.